The van der Waals surface area contributed by atoms with Crippen LogP contribution < -0.4 is 5.73 Å². The van der Waals surface area contributed by atoms with Crippen LogP contribution in [0.3, 0.4) is 0 Å². The van der Waals surface area contributed by atoms with Crippen LogP contribution in [0.2, 0.25) is 5.15 Å². The minimum atomic E-state index is 0. The van der Waals surface area contributed by atoms with Crippen molar-refractivity contribution in [2.45, 2.75) is 18.9 Å². The fraction of sp³-hybridized carbons (Fsp3) is 0.545. The second-order valence-corrected chi connectivity index (χ2v) is 4.28. The molecule has 1 aromatic rings. The Morgan fingerprint density at radius 1 is 1.38 bits per heavy atom. The van der Waals surface area contributed by atoms with Gasteiger partial charge in [-0.25, -0.2) is 4.98 Å². The first-order chi connectivity index (χ1) is 7.27. The predicted octanol–water partition coefficient (Wildman–Crippen LogP) is 2.58. The Kier molecular flexibility index (Phi) is 5.49. The summed E-state index contributed by atoms with van der Waals surface area (Å²) in [6.45, 7) is 1.64. The molecule has 5 heteroatoms. The highest BCUT2D eigenvalue weighted by molar-refractivity contribution is 6.29. The van der Waals surface area contributed by atoms with Gasteiger partial charge in [0.1, 0.15) is 5.15 Å². The maximum Gasteiger partial charge on any atom is 0.129 e. The number of hydrogen-bond acceptors (Lipinski definition) is 3. The van der Waals surface area contributed by atoms with E-state index in [2.05, 4.69) is 4.98 Å². The lowest BCUT2D eigenvalue weighted by Gasteiger charge is -2.27. The van der Waals surface area contributed by atoms with E-state index >= 15 is 0 Å². The first kappa shape index (κ1) is 13.7. The molecule has 0 amide bonds. The maximum absolute atomic E-state index is 6.18. The largest absolute Gasteiger partial charge is 0.381 e. The third kappa shape index (κ3) is 3.32. The molecule has 1 aliphatic rings. The minimum absolute atomic E-state index is 0. The van der Waals surface area contributed by atoms with Crippen LogP contribution >= 0.6 is 24.0 Å². The molecular formula is C11H16Cl2N2O. The number of aromatic nitrogens is 1. The summed E-state index contributed by atoms with van der Waals surface area (Å²) < 4.78 is 5.31. The zero-order chi connectivity index (χ0) is 10.7. The molecule has 1 fully saturated rings. The molecule has 2 rings (SSSR count). The maximum atomic E-state index is 6.18. The van der Waals surface area contributed by atoms with Crippen molar-refractivity contribution in [2.75, 3.05) is 13.2 Å². The van der Waals surface area contributed by atoms with Crippen LogP contribution in [0.15, 0.2) is 18.3 Å². The zero-order valence-corrected chi connectivity index (χ0v) is 10.5. The van der Waals surface area contributed by atoms with Gasteiger partial charge in [-0.15, -0.1) is 12.4 Å². The molecule has 1 saturated heterocycles. The van der Waals surface area contributed by atoms with Gasteiger partial charge >= 0.3 is 0 Å². The van der Waals surface area contributed by atoms with E-state index in [1.807, 2.05) is 6.07 Å². The van der Waals surface area contributed by atoms with Crippen molar-refractivity contribution < 1.29 is 4.74 Å². The van der Waals surface area contributed by atoms with Crippen LogP contribution in [0, 0.1) is 5.92 Å². The predicted molar refractivity (Wildman–Crippen MR) is 67.0 cm³/mol. The normalized spacial score (nSPS) is 18.9. The third-order valence-corrected chi connectivity index (χ3v) is 3.13. The third-order valence-electron chi connectivity index (χ3n) is 2.91. The minimum Gasteiger partial charge on any atom is -0.381 e. The highest BCUT2D eigenvalue weighted by Crippen LogP contribution is 2.27. The highest BCUT2D eigenvalue weighted by Gasteiger charge is 2.22. The molecule has 0 bridgehead atoms. The second kappa shape index (κ2) is 6.40. The lowest BCUT2D eigenvalue weighted by molar-refractivity contribution is 0.0583. The van der Waals surface area contributed by atoms with Crippen LogP contribution in [-0.4, -0.2) is 18.2 Å². The van der Waals surface area contributed by atoms with Crippen molar-refractivity contribution in [3.63, 3.8) is 0 Å². The van der Waals surface area contributed by atoms with Gasteiger partial charge in [0.15, 0.2) is 0 Å². The van der Waals surface area contributed by atoms with Crippen LogP contribution in [-0.2, 0) is 4.74 Å². The van der Waals surface area contributed by atoms with E-state index < -0.39 is 0 Å². The van der Waals surface area contributed by atoms with Crippen LogP contribution in [0.5, 0.6) is 0 Å². The molecule has 2 heterocycles. The summed E-state index contributed by atoms with van der Waals surface area (Å²) in [7, 11) is 0. The van der Waals surface area contributed by atoms with E-state index in [0.29, 0.717) is 11.1 Å². The van der Waals surface area contributed by atoms with Crippen LogP contribution in [0.25, 0.3) is 0 Å². The van der Waals surface area contributed by atoms with Gasteiger partial charge in [-0.05, 0) is 30.4 Å². The molecule has 1 aliphatic heterocycles. The molecule has 0 spiro atoms. The molecule has 2 N–H and O–H groups in total. The Balaban J connectivity index is 0.00000128. The summed E-state index contributed by atoms with van der Waals surface area (Å²) in [5.74, 6) is 0.502. The summed E-state index contributed by atoms with van der Waals surface area (Å²) in [6.07, 6.45) is 3.83. The van der Waals surface area contributed by atoms with Gasteiger partial charge in [0, 0.05) is 25.5 Å². The fourth-order valence-corrected chi connectivity index (χ4v) is 2.04. The van der Waals surface area contributed by atoms with Gasteiger partial charge in [-0.3, -0.25) is 0 Å². The summed E-state index contributed by atoms with van der Waals surface area (Å²) in [5.41, 5.74) is 7.24. The molecular weight excluding hydrogens is 247 g/mol. The molecule has 0 aromatic carbocycles. The molecule has 0 aliphatic carbocycles. The summed E-state index contributed by atoms with van der Waals surface area (Å²) in [6, 6.07) is 3.80. The van der Waals surface area contributed by atoms with Crippen molar-refractivity contribution in [3.05, 3.63) is 29.0 Å². The van der Waals surface area contributed by atoms with Gasteiger partial charge in [-0.1, -0.05) is 17.7 Å². The number of hydrogen-bond donors (Lipinski definition) is 1. The Bertz CT molecular complexity index is 312. The Labute approximate surface area is 107 Å². The second-order valence-electron chi connectivity index (χ2n) is 3.89. The van der Waals surface area contributed by atoms with Crippen molar-refractivity contribution in [1.82, 2.24) is 4.98 Å². The molecule has 1 aromatic heterocycles. The van der Waals surface area contributed by atoms with Crippen molar-refractivity contribution in [1.29, 1.82) is 0 Å². The molecule has 0 saturated carbocycles. The SMILES string of the molecule is Cl.N[C@@H](c1ccc(Cl)nc1)C1CCOCC1. The number of ether oxygens (including phenoxy) is 1. The van der Waals surface area contributed by atoms with Crippen LogP contribution in [0.1, 0.15) is 24.4 Å². The quantitative estimate of drug-likeness (QED) is 0.834. The van der Waals surface area contributed by atoms with Crippen molar-refractivity contribution in [3.8, 4) is 0 Å². The molecule has 16 heavy (non-hydrogen) atoms. The van der Waals surface area contributed by atoms with Crippen LogP contribution in [0.4, 0.5) is 0 Å². The van der Waals surface area contributed by atoms with Gasteiger partial charge < -0.3 is 10.5 Å². The van der Waals surface area contributed by atoms with Gasteiger partial charge in [0.05, 0.1) is 0 Å². The first-order valence-electron chi connectivity index (χ1n) is 5.22. The number of nitrogens with two attached hydrogens (primary N) is 1. The fourth-order valence-electron chi connectivity index (χ4n) is 1.93. The monoisotopic (exact) mass is 262 g/mol. The summed E-state index contributed by atoms with van der Waals surface area (Å²) in [5, 5.41) is 0.512. The van der Waals surface area contributed by atoms with Crippen molar-refractivity contribution in [2.24, 2.45) is 11.7 Å². The van der Waals surface area contributed by atoms with E-state index in [1.165, 1.54) is 0 Å². The van der Waals surface area contributed by atoms with E-state index in [9.17, 15) is 0 Å². The smallest absolute Gasteiger partial charge is 0.129 e. The average molecular weight is 263 g/mol. The van der Waals surface area contributed by atoms with E-state index in [0.717, 1.165) is 31.6 Å². The summed E-state index contributed by atoms with van der Waals surface area (Å²) >= 11 is 5.73. The standard InChI is InChI=1S/C11H15ClN2O.ClH/c12-10-2-1-9(7-14-10)11(13)8-3-5-15-6-4-8;/h1-2,7-8,11H,3-6,13H2;1H/t11-;/m1./s1. The number of nitrogens with zero attached hydrogens (tertiary/aromatic N) is 1. The zero-order valence-electron chi connectivity index (χ0n) is 8.93. The highest BCUT2D eigenvalue weighted by atomic mass is 35.5. The Morgan fingerprint density at radius 2 is 2.06 bits per heavy atom. The molecule has 90 valence electrons. The molecule has 0 radical (unpaired) electrons. The molecule has 1 atom stereocenters. The Morgan fingerprint density at radius 3 is 2.62 bits per heavy atom. The lowest BCUT2D eigenvalue weighted by Crippen LogP contribution is -2.27. The van der Waals surface area contributed by atoms with Gasteiger partial charge in [0.2, 0.25) is 0 Å². The average Bonchev–Trinajstić information content (AvgIpc) is 2.30. The van der Waals surface area contributed by atoms with E-state index in [4.69, 9.17) is 22.1 Å². The number of pyridine rings is 1. The van der Waals surface area contributed by atoms with E-state index in [1.54, 1.807) is 12.3 Å². The topological polar surface area (TPSA) is 48.1 Å². The molecule has 3 nitrogen and oxygen atoms in total. The first-order valence-corrected chi connectivity index (χ1v) is 5.60. The Hall–Kier alpha value is -0.350. The lowest BCUT2D eigenvalue weighted by atomic mass is 9.88. The van der Waals surface area contributed by atoms with Gasteiger partial charge in [0.25, 0.3) is 0 Å². The number of halogens is 2. The van der Waals surface area contributed by atoms with Gasteiger partial charge in [-0.2, -0.15) is 0 Å². The molecule has 0 unspecified atom stereocenters. The summed E-state index contributed by atoms with van der Waals surface area (Å²) in [4.78, 5) is 4.05. The number of rotatable bonds is 2. The van der Waals surface area contributed by atoms with E-state index in [-0.39, 0.29) is 18.4 Å². The van der Waals surface area contributed by atoms with Crippen molar-refractivity contribution >= 4 is 24.0 Å².